The molecule has 30 heavy (non-hydrogen) atoms. The number of benzene rings is 2. The summed E-state index contributed by atoms with van der Waals surface area (Å²) in [6.07, 6.45) is 0.771. The normalized spacial score (nSPS) is 10.2. The number of carbonyl (C=O) groups excluding carboxylic acids is 3. The number of esters is 1. The van der Waals surface area contributed by atoms with Crippen molar-refractivity contribution in [2.75, 3.05) is 36.9 Å². The van der Waals surface area contributed by atoms with Gasteiger partial charge in [-0.25, -0.2) is 4.79 Å². The van der Waals surface area contributed by atoms with Gasteiger partial charge in [0, 0.05) is 30.0 Å². The Labute approximate surface area is 177 Å². The summed E-state index contributed by atoms with van der Waals surface area (Å²) >= 11 is 0. The summed E-state index contributed by atoms with van der Waals surface area (Å²) in [6.45, 7) is 7.49. The fourth-order valence-electron chi connectivity index (χ4n) is 2.81. The van der Waals surface area contributed by atoms with E-state index in [9.17, 15) is 14.4 Å². The van der Waals surface area contributed by atoms with Gasteiger partial charge in [-0.15, -0.1) is 0 Å². The fraction of sp³-hybridized carbons (Fsp3) is 0.348. The largest absolute Gasteiger partial charge is 0.462 e. The molecule has 2 rings (SSSR count). The van der Waals surface area contributed by atoms with Crippen molar-refractivity contribution in [3.8, 4) is 0 Å². The molecule has 0 saturated heterocycles. The molecule has 2 N–H and O–H groups in total. The number of ether oxygens (including phenoxy) is 1. The van der Waals surface area contributed by atoms with Crippen LogP contribution in [0.2, 0.25) is 0 Å². The number of hydrogen-bond donors (Lipinski definition) is 2. The minimum atomic E-state index is -0.361. The van der Waals surface area contributed by atoms with Gasteiger partial charge in [-0.05, 0) is 62.7 Å². The maximum absolute atomic E-state index is 12.5. The summed E-state index contributed by atoms with van der Waals surface area (Å²) in [6, 6.07) is 13.7. The lowest BCUT2D eigenvalue weighted by molar-refractivity contribution is -0.114. The highest BCUT2D eigenvalue weighted by atomic mass is 16.5. The van der Waals surface area contributed by atoms with E-state index in [1.807, 2.05) is 20.8 Å². The van der Waals surface area contributed by atoms with E-state index in [2.05, 4.69) is 10.6 Å². The van der Waals surface area contributed by atoms with E-state index in [4.69, 9.17) is 4.74 Å². The van der Waals surface area contributed by atoms with Crippen LogP contribution in [0.15, 0.2) is 48.5 Å². The molecule has 2 aromatic rings. The first-order chi connectivity index (χ1) is 14.5. The van der Waals surface area contributed by atoms with Crippen LogP contribution in [0.3, 0.4) is 0 Å². The summed E-state index contributed by atoms with van der Waals surface area (Å²) in [5, 5.41) is 5.80. The summed E-state index contributed by atoms with van der Waals surface area (Å²) in [7, 11) is 0. The zero-order chi connectivity index (χ0) is 21.9. The van der Waals surface area contributed by atoms with Crippen molar-refractivity contribution in [1.29, 1.82) is 0 Å². The van der Waals surface area contributed by atoms with Gasteiger partial charge >= 0.3 is 5.97 Å². The number of rotatable bonds is 10. The molecule has 160 valence electrons. The fourth-order valence-corrected chi connectivity index (χ4v) is 2.81. The quantitative estimate of drug-likeness (QED) is 0.581. The number of nitrogens with one attached hydrogen (secondary N) is 2. The van der Waals surface area contributed by atoms with Crippen LogP contribution in [0.5, 0.6) is 0 Å². The van der Waals surface area contributed by atoms with Gasteiger partial charge in [-0.3, -0.25) is 9.59 Å². The lowest BCUT2D eigenvalue weighted by Gasteiger charge is -2.19. The average Bonchev–Trinajstić information content (AvgIpc) is 2.77. The monoisotopic (exact) mass is 411 g/mol. The summed E-state index contributed by atoms with van der Waals surface area (Å²) < 4.78 is 5.09. The predicted octanol–water partition coefficient (Wildman–Crippen LogP) is 3.79. The minimum absolute atomic E-state index is 0.0495. The van der Waals surface area contributed by atoms with Crippen LogP contribution in [-0.2, 0) is 9.53 Å². The molecule has 7 heteroatoms. The molecule has 2 aromatic carbocycles. The summed E-state index contributed by atoms with van der Waals surface area (Å²) in [5.41, 5.74) is 2.28. The molecule has 0 aromatic heterocycles. The zero-order valence-corrected chi connectivity index (χ0v) is 17.7. The van der Waals surface area contributed by atoms with Crippen LogP contribution in [0, 0.1) is 0 Å². The third-order valence-electron chi connectivity index (χ3n) is 4.45. The van der Waals surface area contributed by atoms with E-state index >= 15 is 0 Å². The van der Waals surface area contributed by atoms with Crippen LogP contribution in [-0.4, -0.2) is 48.9 Å². The van der Waals surface area contributed by atoms with Gasteiger partial charge < -0.3 is 20.3 Å². The SMILES string of the molecule is CCCOC(=O)c1ccc(NCC(=O)Nc2cccc(C(=O)N(CC)CC)c2)cc1. The second kappa shape index (κ2) is 11.6. The van der Waals surface area contributed by atoms with Crippen LogP contribution < -0.4 is 10.6 Å². The molecule has 0 atom stereocenters. The van der Waals surface area contributed by atoms with Gasteiger partial charge in [0.2, 0.25) is 5.91 Å². The maximum atomic E-state index is 12.5. The molecule has 0 bridgehead atoms. The highest BCUT2D eigenvalue weighted by Gasteiger charge is 2.13. The Hall–Kier alpha value is -3.35. The Morgan fingerprint density at radius 1 is 0.900 bits per heavy atom. The summed E-state index contributed by atoms with van der Waals surface area (Å²) in [4.78, 5) is 38.3. The molecule has 0 heterocycles. The maximum Gasteiger partial charge on any atom is 0.338 e. The molecule has 0 aliphatic heterocycles. The van der Waals surface area contributed by atoms with E-state index in [0.717, 1.165) is 6.42 Å². The van der Waals surface area contributed by atoms with Gasteiger partial charge in [0.1, 0.15) is 0 Å². The number of nitrogens with zero attached hydrogens (tertiary/aromatic N) is 1. The average molecular weight is 412 g/mol. The number of anilines is 2. The van der Waals surface area contributed by atoms with Gasteiger partial charge in [0.05, 0.1) is 18.7 Å². The van der Waals surface area contributed by atoms with Gasteiger partial charge in [-0.2, -0.15) is 0 Å². The first-order valence-corrected chi connectivity index (χ1v) is 10.2. The predicted molar refractivity (Wildman–Crippen MR) is 118 cm³/mol. The van der Waals surface area contributed by atoms with E-state index in [0.29, 0.717) is 42.2 Å². The topological polar surface area (TPSA) is 87.7 Å². The molecular weight excluding hydrogens is 382 g/mol. The van der Waals surface area contributed by atoms with Crippen molar-refractivity contribution in [3.05, 3.63) is 59.7 Å². The molecule has 0 fully saturated rings. The highest BCUT2D eigenvalue weighted by Crippen LogP contribution is 2.14. The lowest BCUT2D eigenvalue weighted by Crippen LogP contribution is -2.30. The number of carbonyl (C=O) groups is 3. The Morgan fingerprint density at radius 3 is 2.23 bits per heavy atom. The van der Waals surface area contributed by atoms with Gasteiger partial charge in [0.15, 0.2) is 0 Å². The molecule has 0 saturated carbocycles. The molecule has 2 amide bonds. The third-order valence-corrected chi connectivity index (χ3v) is 4.45. The van der Waals surface area contributed by atoms with Crippen molar-refractivity contribution < 1.29 is 19.1 Å². The Kier molecular flexibility index (Phi) is 8.87. The van der Waals surface area contributed by atoms with Gasteiger partial charge in [-0.1, -0.05) is 13.0 Å². The van der Waals surface area contributed by atoms with Crippen molar-refractivity contribution in [1.82, 2.24) is 4.90 Å². The van der Waals surface area contributed by atoms with Crippen molar-refractivity contribution >= 4 is 29.2 Å². The number of amides is 2. The van der Waals surface area contributed by atoms with E-state index < -0.39 is 0 Å². The van der Waals surface area contributed by atoms with E-state index in [1.165, 1.54) is 0 Å². The first kappa shape index (κ1) is 22.9. The van der Waals surface area contributed by atoms with E-state index in [-0.39, 0.29) is 24.3 Å². The van der Waals surface area contributed by atoms with Gasteiger partial charge in [0.25, 0.3) is 5.91 Å². The molecule has 0 aliphatic carbocycles. The zero-order valence-electron chi connectivity index (χ0n) is 17.7. The Morgan fingerprint density at radius 2 is 1.60 bits per heavy atom. The molecular formula is C23H29N3O4. The smallest absolute Gasteiger partial charge is 0.338 e. The molecule has 0 radical (unpaired) electrons. The Bertz CT molecular complexity index is 861. The summed E-state index contributed by atoms with van der Waals surface area (Å²) in [5.74, 6) is -0.666. The van der Waals surface area contributed by atoms with Crippen molar-refractivity contribution in [2.45, 2.75) is 27.2 Å². The minimum Gasteiger partial charge on any atom is -0.462 e. The van der Waals surface area contributed by atoms with Crippen molar-refractivity contribution in [2.24, 2.45) is 0 Å². The second-order valence-corrected chi connectivity index (χ2v) is 6.67. The van der Waals surface area contributed by atoms with Crippen LogP contribution >= 0.6 is 0 Å². The standard InChI is InChI=1S/C23H29N3O4/c1-4-14-30-23(29)17-10-12-19(13-11-17)24-16-21(27)25-20-9-7-8-18(15-20)22(28)26(5-2)6-3/h7-13,15,24H,4-6,14,16H2,1-3H3,(H,25,27). The number of hydrogen-bond acceptors (Lipinski definition) is 5. The highest BCUT2D eigenvalue weighted by molar-refractivity contribution is 5.98. The van der Waals surface area contributed by atoms with Crippen LogP contribution in [0.4, 0.5) is 11.4 Å². The molecule has 0 spiro atoms. The second-order valence-electron chi connectivity index (χ2n) is 6.67. The van der Waals surface area contributed by atoms with Crippen LogP contribution in [0.25, 0.3) is 0 Å². The van der Waals surface area contributed by atoms with Crippen LogP contribution in [0.1, 0.15) is 47.9 Å². The van der Waals surface area contributed by atoms with Crippen molar-refractivity contribution in [3.63, 3.8) is 0 Å². The molecule has 0 aliphatic rings. The molecule has 0 unspecified atom stereocenters. The first-order valence-electron chi connectivity index (χ1n) is 10.2. The lowest BCUT2D eigenvalue weighted by atomic mass is 10.1. The third kappa shape index (κ3) is 6.62. The molecule has 7 nitrogen and oxygen atoms in total. The van der Waals surface area contributed by atoms with E-state index in [1.54, 1.807) is 53.4 Å². The Balaban J connectivity index is 1.90.